The fraction of sp³-hybridized carbons (Fsp3) is 0.579. The lowest BCUT2D eigenvalue weighted by Crippen LogP contribution is -2.46. The van der Waals surface area contributed by atoms with Gasteiger partial charge in [0.05, 0.1) is 5.41 Å². The predicted octanol–water partition coefficient (Wildman–Crippen LogP) is 2.96. The van der Waals surface area contributed by atoms with Gasteiger partial charge in [0.1, 0.15) is 12.1 Å². The molecule has 0 radical (unpaired) electrons. The molecule has 6 heteroatoms. The summed E-state index contributed by atoms with van der Waals surface area (Å²) < 4.78 is 14.2. The smallest absolute Gasteiger partial charge is 0.230 e. The number of halogens is 2. The predicted molar refractivity (Wildman–Crippen MR) is 94.8 cm³/mol. The Kier molecular flexibility index (Phi) is 5.44. The summed E-state index contributed by atoms with van der Waals surface area (Å²) in [5.41, 5.74) is 5.88. The number of nitrogens with two attached hydrogens (primary N) is 1. The molecule has 25 heavy (non-hydrogen) atoms. The fourth-order valence-electron chi connectivity index (χ4n) is 3.88. The van der Waals surface area contributed by atoms with Gasteiger partial charge in [0, 0.05) is 29.1 Å². The van der Waals surface area contributed by atoms with Gasteiger partial charge in [-0.15, -0.1) is 0 Å². The maximum absolute atomic E-state index is 14.2. The van der Waals surface area contributed by atoms with Crippen molar-refractivity contribution >= 4 is 23.8 Å². The summed E-state index contributed by atoms with van der Waals surface area (Å²) in [6.45, 7) is 0.381. The summed E-state index contributed by atoms with van der Waals surface area (Å²) >= 11 is 5.80. The first kappa shape index (κ1) is 18.3. The van der Waals surface area contributed by atoms with Crippen molar-refractivity contribution in [1.29, 1.82) is 0 Å². The Labute approximate surface area is 152 Å². The van der Waals surface area contributed by atoms with Crippen LogP contribution in [0.25, 0.3) is 0 Å². The van der Waals surface area contributed by atoms with Crippen LogP contribution in [-0.4, -0.2) is 24.8 Å². The van der Waals surface area contributed by atoms with E-state index in [9.17, 15) is 14.0 Å². The van der Waals surface area contributed by atoms with Gasteiger partial charge < -0.3 is 15.8 Å². The van der Waals surface area contributed by atoms with E-state index in [1.165, 1.54) is 6.07 Å². The van der Waals surface area contributed by atoms with Crippen LogP contribution in [0, 0.1) is 17.7 Å². The lowest BCUT2D eigenvalue weighted by Gasteiger charge is -2.30. The number of nitrogens with one attached hydrogen (secondary N) is 1. The van der Waals surface area contributed by atoms with Crippen LogP contribution in [0.15, 0.2) is 18.2 Å². The molecule has 0 aromatic heterocycles. The molecule has 136 valence electrons. The van der Waals surface area contributed by atoms with Crippen LogP contribution >= 0.6 is 11.6 Å². The van der Waals surface area contributed by atoms with E-state index < -0.39 is 11.2 Å². The maximum Gasteiger partial charge on any atom is 0.230 e. The topological polar surface area (TPSA) is 72.2 Å². The van der Waals surface area contributed by atoms with Crippen molar-refractivity contribution in [3.63, 3.8) is 0 Å². The number of carbonyl (C=O) groups is 2. The summed E-state index contributed by atoms with van der Waals surface area (Å²) in [7, 11) is 0. The average Bonchev–Trinajstić information content (AvgIpc) is 3.41. The monoisotopic (exact) mass is 366 g/mol. The summed E-state index contributed by atoms with van der Waals surface area (Å²) in [5, 5.41) is 3.24. The van der Waals surface area contributed by atoms with Crippen LogP contribution in [0.4, 0.5) is 4.39 Å². The largest absolute Gasteiger partial charge is 0.354 e. The normalized spacial score (nSPS) is 25.9. The fourth-order valence-corrected chi connectivity index (χ4v) is 4.04. The van der Waals surface area contributed by atoms with E-state index in [-0.39, 0.29) is 17.9 Å². The Bertz CT molecular complexity index is 655. The van der Waals surface area contributed by atoms with Crippen molar-refractivity contribution in [3.05, 3.63) is 34.6 Å². The van der Waals surface area contributed by atoms with Crippen molar-refractivity contribution < 1.29 is 14.0 Å². The van der Waals surface area contributed by atoms with E-state index in [4.69, 9.17) is 17.3 Å². The molecule has 1 atom stereocenters. The Morgan fingerprint density at radius 2 is 2.04 bits per heavy atom. The highest BCUT2D eigenvalue weighted by Crippen LogP contribution is 2.49. The van der Waals surface area contributed by atoms with Crippen molar-refractivity contribution in [3.8, 4) is 0 Å². The minimum atomic E-state index is -0.774. The lowest BCUT2D eigenvalue weighted by molar-refractivity contribution is -0.123. The van der Waals surface area contributed by atoms with Gasteiger partial charge in [-0.05, 0) is 56.6 Å². The third-order valence-electron chi connectivity index (χ3n) is 5.74. The zero-order valence-electron chi connectivity index (χ0n) is 14.1. The summed E-state index contributed by atoms with van der Waals surface area (Å²) in [5.74, 6) is -0.123. The second kappa shape index (κ2) is 7.42. The third-order valence-corrected chi connectivity index (χ3v) is 5.98. The van der Waals surface area contributed by atoms with E-state index in [0.29, 0.717) is 35.9 Å². The third kappa shape index (κ3) is 3.87. The Hall–Kier alpha value is -1.46. The molecule has 0 bridgehead atoms. The molecule has 2 saturated carbocycles. The summed E-state index contributed by atoms with van der Waals surface area (Å²) in [4.78, 5) is 23.5. The van der Waals surface area contributed by atoms with Crippen LogP contribution in [0.5, 0.6) is 0 Å². The molecule has 3 rings (SSSR count). The number of benzene rings is 1. The Balaban J connectivity index is 1.56. The molecule has 0 heterocycles. The average molecular weight is 367 g/mol. The van der Waals surface area contributed by atoms with E-state index in [1.54, 1.807) is 12.1 Å². The molecule has 2 aliphatic rings. The standard InChI is InChI=1S/C19H24ClFN2O2/c20-14-5-6-15(16(21)9-14)19(7-8-19)18(25)23-10-17(22)13-3-1-12(11-24)2-4-13/h5-6,9,11-13,17H,1-4,7-8,10,22H2,(H,23,25). The van der Waals surface area contributed by atoms with Crippen LogP contribution in [0.3, 0.4) is 0 Å². The van der Waals surface area contributed by atoms with Crippen LogP contribution < -0.4 is 11.1 Å². The zero-order chi connectivity index (χ0) is 18.0. The van der Waals surface area contributed by atoms with Gasteiger partial charge in [0.2, 0.25) is 5.91 Å². The summed E-state index contributed by atoms with van der Waals surface area (Å²) in [6.07, 6.45) is 5.87. The first-order valence-electron chi connectivity index (χ1n) is 8.91. The molecular formula is C19H24ClFN2O2. The quantitative estimate of drug-likeness (QED) is 0.760. The molecule has 0 saturated heterocycles. The van der Waals surface area contributed by atoms with Crippen molar-refractivity contribution in [2.75, 3.05) is 6.54 Å². The second-order valence-electron chi connectivity index (χ2n) is 7.39. The van der Waals surface area contributed by atoms with Gasteiger partial charge in [0.25, 0.3) is 0 Å². The van der Waals surface area contributed by atoms with E-state index >= 15 is 0 Å². The Morgan fingerprint density at radius 1 is 1.36 bits per heavy atom. The highest BCUT2D eigenvalue weighted by Gasteiger charge is 2.52. The number of rotatable bonds is 6. The number of hydrogen-bond donors (Lipinski definition) is 2. The van der Waals surface area contributed by atoms with Gasteiger partial charge in [0.15, 0.2) is 0 Å². The molecule has 4 nitrogen and oxygen atoms in total. The van der Waals surface area contributed by atoms with Gasteiger partial charge in [-0.1, -0.05) is 17.7 Å². The molecule has 2 aliphatic carbocycles. The molecule has 1 amide bonds. The first-order valence-corrected chi connectivity index (χ1v) is 9.29. The van der Waals surface area contributed by atoms with Gasteiger partial charge in [-0.2, -0.15) is 0 Å². The molecule has 3 N–H and O–H groups in total. The van der Waals surface area contributed by atoms with E-state index in [1.807, 2.05) is 0 Å². The van der Waals surface area contributed by atoms with Crippen LogP contribution in [-0.2, 0) is 15.0 Å². The van der Waals surface area contributed by atoms with Crippen LogP contribution in [0.1, 0.15) is 44.1 Å². The van der Waals surface area contributed by atoms with Crippen molar-refractivity contribution in [2.45, 2.75) is 50.0 Å². The number of carbonyl (C=O) groups excluding carboxylic acids is 2. The van der Waals surface area contributed by atoms with Crippen LogP contribution in [0.2, 0.25) is 5.02 Å². The minimum Gasteiger partial charge on any atom is -0.354 e. The molecule has 2 fully saturated rings. The molecule has 1 unspecified atom stereocenters. The lowest BCUT2D eigenvalue weighted by atomic mass is 9.79. The first-order chi connectivity index (χ1) is 12.0. The Morgan fingerprint density at radius 3 is 2.60 bits per heavy atom. The molecule has 0 spiro atoms. The zero-order valence-corrected chi connectivity index (χ0v) is 14.9. The second-order valence-corrected chi connectivity index (χ2v) is 7.83. The van der Waals surface area contributed by atoms with Gasteiger partial charge in [-0.3, -0.25) is 4.79 Å². The number of amides is 1. The molecular weight excluding hydrogens is 343 g/mol. The van der Waals surface area contributed by atoms with Gasteiger partial charge >= 0.3 is 0 Å². The van der Waals surface area contributed by atoms with Crippen molar-refractivity contribution in [1.82, 2.24) is 5.32 Å². The summed E-state index contributed by atoms with van der Waals surface area (Å²) in [6, 6.07) is 4.33. The molecule has 1 aromatic rings. The highest BCUT2D eigenvalue weighted by molar-refractivity contribution is 6.30. The number of aldehydes is 1. The number of hydrogen-bond acceptors (Lipinski definition) is 3. The molecule has 0 aliphatic heterocycles. The SMILES string of the molecule is NC(CNC(=O)C1(c2ccc(Cl)cc2F)CC1)C1CCC(C=O)CC1. The van der Waals surface area contributed by atoms with Gasteiger partial charge in [-0.25, -0.2) is 4.39 Å². The molecule has 1 aromatic carbocycles. The van der Waals surface area contributed by atoms with E-state index in [2.05, 4.69) is 5.32 Å². The van der Waals surface area contributed by atoms with Crippen molar-refractivity contribution in [2.24, 2.45) is 17.6 Å². The minimum absolute atomic E-state index is 0.137. The maximum atomic E-state index is 14.2. The highest BCUT2D eigenvalue weighted by atomic mass is 35.5. The van der Waals surface area contributed by atoms with E-state index in [0.717, 1.165) is 32.0 Å².